The molecule has 0 aromatic heterocycles. The number of aliphatic carboxylic acids is 1. The van der Waals surface area contributed by atoms with Gasteiger partial charge in [-0.2, -0.15) is 8.42 Å². The van der Waals surface area contributed by atoms with Crippen molar-refractivity contribution in [3.63, 3.8) is 0 Å². The van der Waals surface area contributed by atoms with E-state index in [4.69, 9.17) is 9.66 Å². The molecule has 0 spiro atoms. The van der Waals surface area contributed by atoms with E-state index in [1.54, 1.807) is 0 Å². The fourth-order valence-electron chi connectivity index (χ4n) is 2.13. The van der Waals surface area contributed by atoms with Crippen molar-refractivity contribution < 1.29 is 37.9 Å². The second-order valence-corrected chi connectivity index (χ2v) is 6.39. The van der Waals surface area contributed by atoms with Crippen LogP contribution < -0.4 is 5.32 Å². The van der Waals surface area contributed by atoms with Crippen molar-refractivity contribution in [2.24, 2.45) is 0 Å². The summed E-state index contributed by atoms with van der Waals surface area (Å²) >= 11 is 0. The van der Waals surface area contributed by atoms with Crippen molar-refractivity contribution in [3.8, 4) is 11.5 Å². The van der Waals surface area contributed by atoms with E-state index in [-0.39, 0.29) is 11.3 Å². The molecule has 0 aliphatic heterocycles. The molecule has 2 aromatic carbocycles. The molecule has 0 radical (unpaired) electrons. The summed E-state index contributed by atoms with van der Waals surface area (Å²) in [4.78, 5) is 22.5. The van der Waals surface area contributed by atoms with Gasteiger partial charge in [0, 0.05) is 5.56 Å². The molecule has 0 aliphatic rings. The number of phenols is 2. The van der Waals surface area contributed by atoms with Crippen LogP contribution in [0.1, 0.15) is 15.9 Å². The summed E-state index contributed by atoms with van der Waals surface area (Å²) in [6, 6.07) is 6.89. The number of hydrogen-bond donors (Lipinski definition) is 5. The smallest absolute Gasteiger partial charge is 0.307 e. The van der Waals surface area contributed by atoms with Crippen molar-refractivity contribution in [2.45, 2.75) is 11.3 Å². The third-order valence-corrected chi connectivity index (χ3v) is 4.08. The lowest BCUT2D eigenvalue weighted by Crippen LogP contribution is -2.15. The highest BCUT2D eigenvalue weighted by Crippen LogP contribution is 2.30. The Morgan fingerprint density at radius 1 is 1.08 bits per heavy atom. The van der Waals surface area contributed by atoms with Crippen LogP contribution in [0.15, 0.2) is 41.3 Å². The van der Waals surface area contributed by atoms with E-state index in [0.29, 0.717) is 0 Å². The number of anilines is 1. The van der Waals surface area contributed by atoms with Gasteiger partial charge in [-0.05, 0) is 24.3 Å². The van der Waals surface area contributed by atoms with Crippen LogP contribution >= 0.6 is 0 Å². The Bertz CT molecular complexity index is 952. The topological polar surface area (TPSA) is 161 Å². The van der Waals surface area contributed by atoms with Crippen LogP contribution in [0.2, 0.25) is 0 Å². The van der Waals surface area contributed by atoms with E-state index < -0.39 is 50.4 Å². The molecule has 0 atom stereocenters. The third kappa shape index (κ3) is 4.25. The van der Waals surface area contributed by atoms with Crippen LogP contribution in [0.5, 0.6) is 11.5 Å². The first-order chi connectivity index (χ1) is 11.6. The molecule has 0 unspecified atom stereocenters. The molecule has 1 amide bonds. The van der Waals surface area contributed by atoms with Gasteiger partial charge in [-0.25, -0.2) is 0 Å². The maximum Gasteiger partial charge on any atom is 0.307 e. The Morgan fingerprint density at radius 2 is 1.72 bits per heavy atom. The Balaban J connectivity index is 2.44. The number of phenolic OH excluding ortho intramolecular Hbond substituents is 2. The fourth-order valence-corrected chi connectivity index (χ4v) is 2.78. The SMILES string of the molecule is O=C(O)Cc1cc(O)cc(C(=O)Nc2ccccc2S(=O)(=O)O)c1O. The molecule has 9 nitrogen and oxygen atoms in total. The molecule has 2 rings (SSSR count). The molecule has 10 heteroatoms. The van der Waals surface area contributed by atoms with Gasteiger partial charge in [-0.3, -0.25) is 14.1 Å². The lowest BCUT2D eigenvalue weighted by molar-refractivity contribution is -0.136. The number of hydrogen-bond acceptors (Lipinski definition) is 6. The van der Waals surface area contributed by atoms with E-state index in [2.05, 4.69) is 5.32 Å². The molecule has 0 fully saturated rings. The van der Waals surface area contributed by atoms with Gasteiger partial charge in [-0.15, -0.1) is 0 Å². The first-order valence-corrected chi connectivity index (χ1v) is 8.18. The maximum absolute atomic E-state index is 12.3. The van der Waals surface area contributed by atoms with E-state index in [9.17, 15) is 28.2 Å². The molecule has 5 N–H and O–H groups in total. The van der Waals surface area contributed by atoms with Gasteiger partial charge in [0.25, 0.3) is 16.0 Å². The minimum absolute atomic E-state index is 0.194. The summed E-state index contributed by atoms with van der Waals surface area (Å²) < 4.78 is 31.8. The molecule has 0 saturated carbocycles. The molecular formula is C15H13NO8S. The van der Waals surface area contributed by atoms with E-state index in [1.807, 2.05) is 0 Å². The summed E-state index contributed by atoms with van der Waals surface area (Å²) in [6.45, 7) is 0. The quantitative estimate of drug-likeness (QED) is 0.389. The van der Waals surface area contributed by atoms with Gasteiger partial charge in [0.15, 0.2) is 0 Å². The number of amides is 1. The molecule has 132 valence electrons. The average Bonchev–Trinajstić information content (AvgIpc) is 2.49. The second-order valence-electron chi connectivity index (χ2n) is 5.00. The minimum atomic E-state index is -4.61. The van der Waals surface area contributed by atoms with Gasteiger partial charge in [-0.1, -0.05) is 12.1 Å². The fraction of sp³-hybridized carbons (Fsp3) is 0.0667. The Labute approximate surface area is 141 Å². The predicted molar refractivity (Wildman–Crippen MR) is 85.3 cm³/mol. The minimum Gasteiger partial charge on any atom is -0.508 e. The predicted octanol–water partition coefficient (Wildman–Crippen LogP) is 1.22. The molecule has 0 heterocycles. The van der Waals surface area contributed by atoms with Gasteiger partial charge >= 0.3 is 5.97 Å². The standard InChI is InChI=1S/C15H13NO8S/c17-9-5-8(6-13(18)19)14(20)10(7-9)15(21)16-11-3-1-2-4-12(11)25(22,23)24/h1-5,7,17,20H,6H2,(H,16,21)(H,18,19)(H,22,23,24). The van der Waals surface area contributed by atoms with Gasteiger partial charge in [0.2, 0.25) is 0 Å². The van der Waals surface area contributed by atoms with Gasteiger partial charge in [0.1, 0.15) is 16.4 Å². The van der Waals surface area contributed by atoms with E-state index in [0.717, 1.165) is 18.2 Å². The molecule has 2 aromatic rings. The summed E-state index contributed by atoms with van der Waals surface area (Å²) in [5.41, 5.74) is -0.903. The number of para-hydroxylation sites is 1. The van der Waals surface area contributed by atoms with Crippen molar-refractivity contribution in [3.05, 3.63) is 47.5 Å². The van der Waals surface area contributed by atoms with Gasteiger partial charge < -0.3 is 20.6 Å². The maximum atomic E-state index is 12.3. The lowest BCUT2D eigenvalue weighted by Gasteiger charge is -2.12. The van der Waals surface area contributed by atoms with Crippen molar-refractivity contribution >= 4 is 27.7 Å². The number of rotatable bonds is 5. The van der Waals surface area contributed by atoms with Crippen molar-refractivity contribution in [2.75, 3.05) is 5.32 Å². The zero-order valence-electron chi connectivity index (χ0n) is 12.5. The van der Waals surface area contributed by atoms with Crippen LogP contribution in [0.25, 0.3) is 0 Å². The number of carboxylic acid groups (broad SMARTS) is 1. The van der Waals surface area contributed by atoms with Gasteiger partial charge in [0.05, 0.1) is 17.7 Å². The number of aromatic hydroxyl groups is 2. The third-order valence-electron chi connectivity index (χ3n) is 3.17. The highest BCUT2D eigenvalue weighted by molar-refractivity contribution is 7.86. The number of nitrogens with one attached hydrogen (secondary N) is 1. The highest BCUT2D eigenvalue weighted by atomic mass is 32.2. The molecule has 0 saturated heterocycles. The summed E-state index contributed by atoms with van der Waals surface area (Å²) in [6.07, 6.45) is -0.637. The first-order valence-electron chi connectivity index (χ1n) is 6.74. The number of carbonyl (C=O) groups is 2. The van der Waals surface area contributed by atoms with Crippen LogP contribution in [-0.4, -0.2) is 40.2 Å². The molecular weight excluding hydrogens is 354 g/mol. The van der Waals surface area contributed by atoms with Crippen LogP contribution in [0.3, 0.4) is 0 Å². The lowest BCUT2D eigenvalue weighted by atomic mass is 10.0. The van der Waals surface area contributed by atoms with E-state index in [1.165, 1.54) is 18.2 Å². The average molecular weight is 367 g/mol. The number of benzene rings is 2. The highest BCUT2D eigenvalue weighted by Gasteiger charge is 2.21. The summed E-state index contributed by atoms with van der Waals surface area (Å²) in [7, 11) is -4.61. The number of carbonyl (C=O) groups excluding carboxylic acids is 1. The zero-order chi connectivity index (χ0) is 18.8. The Kier molecular flexibility index (Phi) is 4.95. The normalized spacial score (nSPS) is 11.1. The van der Waals surface area contributed by atoms with Crippen molar-refractivity contribution in [1.29, 1.82) is 0 Å². The van der Waals surface area contributed by atoms with Crippen LogP contribution in [-0.2, 0) is 21.3 Å². The second kappa shape index (κ2) is 6.79. The summed E-state index contributed by atoms with van der Waals surface area (Å²) in [5.74, 6) is -3.41. The van der Waals surface area contributed by atoms with Crippen LogP contribution in [0.4, 0.5) is 5.69 Å². The zero-order valence-corrected chi connectivity index (χ0v) is 13.3. The van der Waals surface area contributed by atoms with Crippen LogP contribution in [0, 0.1) is 0 Å². The van der Waals surface area contributed by atoms with Crippen molar-refractivity contribution in [1.82, 2.24) is 0 Å². The first kappa shape index (κ1) is 18.2. The molecule has 0 aliphatic carbocycles. The monoisotopic (exact) mass is 367 g/mol. The van der Waals surface area contributed by atoms with E-state index >= 15 is 0 Å². The number of carboxylic acids is 1. The largest absolute Gasteiger partial charge is 0.508 e. The Hall–Kier alpha value is -3.11. The Morgan fingerprint density at radius 3 is 2.32 bits per heavy atom. The molecule has 25 heavy (non-hydrogen) atoms. The summed E-state index contributed by atoms with van der Waals surface area (Å²) in [5, 5.41) is 30.6. The molecule has 0 bridgehead atoms.